The van der Waals surface area contributed by atoms with E-state index in [4.69, 9.17) is 4.74 Å². The Morgan fingerprint density at radius 2 is 1.92 bits per heavy atom. The van der Waals surface area contributed by atoms with Gasteiger partial charge in [-0.15, -0.1) is 13.2 Å². The molecular formula is C33H57N3O2. The molecule has 1 aliphatic heterocycles. The lowest BCUT2D eigenvalue weighted by atomic mass is 9.99. The van der Waals surface area contributed by atoms with Crippen molar-refractivity contribution in [1.82, 2.24) is 15.1 Å². The first-order chi connectivity index (χ1) is 18.5. The number of carbonyl (C=O) groups is 1. The molecule has 0 radical (unpaired) electrons. The molecule has 1 heterocycles. The van der Waals surface area contributed by atoms with Crippen molar-refractivity contribution in [2.24, 2.45) is 5.92 Å². The minimum absolute atomic E-state index is 0.0938. The van der Waals surface area contributed by atoms with Gasteiger partial charge in [-0.25, -0.2) is 0 Å². The van der Waals surface area contributed by atoms with Gasteiger partial charge in [0.1, 0.15) is 12.4 Å². The Morgan fingerprint density at radius 3 is 2.53 bits per heavy atom. The van der Waals surface area contributed by atoms with E-state index in [1.807, 2.05) is 0 Å². The number of hydrogen-bond acceptors (Lipinski definition) is 5. The highest BCUT2D eigenvalue weighted by Crippen LogP contribution is 2.13. The lowest BCUT2D eigenvalue weighted by molar-refractivity contribution is -0.120. The maximum absolute atomic E-state index is 10.0. The average molecular weight is 528 g/mol. The fourth-order valence-corrected chi connectivity index (χ4v) is 4.17. The van der Waals surface area contributed by atoms with E-state index in [-0.39, 0.29) is 6.10 Å². The Morgan fingerprint density at radius 1 is 1.16 bits per heavy atom. The van der Waals surface area contributed by atoms with E-state index in [2.05, 4.69) is 118 Å². The first kappa shape index (κ1) is 35.9. The van der Waals surface area contributed by atoms with Gasteiger partial charge in [0, 0.05) is 32.3 Å². The van der Waals surface area contributed by atoms with Crippen molar-refractivity contribution >= 4 is 6.29 Å². The minimum Gasteiger partial charge on any atom is -0.371 e. The number of aldehydes is 1. The maximum Gasteiger partial charge on any atom is 0.148 e. The van der Waals surface area contributed by atoms with Gasteiger partial charge >= 0.3 is 0 Å². The number of likely N-dealkylation sites (N-methyl/N-ethyl adjacent to an activating group) is 2. The zero-order chi connectivity index (χ0) is 28.4. The molecule has 5 nitrogen and oxygen atoms in total. The molecule has 0 saturated carbocycles. The quantitative estimate of drug-likeness (QED) is 0.161. The van der Waals surface area contributed by atoms with Crippen LogP contribution in [0.3, 0.4) is 0 Å². The summed E-state index contributed by atoms with van der Waals surface area (Å²) < 4.78 is 5.06. The predicted octanol–water partition coefficient (Wildman–Crippen LogP) is 6.38. The number of rotatable bonds is 14. The second-order valence-corrected chi connectivity index (χ2v) is 9.98. The van der Waals surface area contributed by atoms with Crippen LogP contribution in [0.15, 0.2) is 73.4 Å². The van der Waals surface area contributed by atoms with Gasteiger partial charge in [0.2, 0.25) is 0 Å². The maximum atomic E-state index is 10.0. The highest BCUT2D eigenvalue weighted by molar-refractivity contribution is 5.55. The lowest BCUT2D eigenvalue weighted by Crippen LogP contribution is -2.46. The van der Waals surface area contributed by atoms with Crippen LogP contribution in [0.25, 0.3) is 0 Å². The molecule has 5 heteroatoms. The van der Waals surface area contributed by atoms with Gasteiger partial charge in [0.05, 0.1) is 0 Å². The van der Waals surface area contributed by atoms with Gasteiger partial charge in [-0.05, 0) is 78.6 Å². The molecule has 3 atom stereocenters. The molecule has 0 aromatic heterocycles. The molecule has 1 fully saturated rings. The smallest absolute Gasteiger partial charge is 0.148 e. The zero-order valence-corrected chi connectivity index (χ0v) is 25.1. The van der Waals surface area contributed by atoms with E-state index >= 15 is 0 Å². The summed E-state index contributed by atoms with van der Waals surface area (Å²) in [5.74, 6) is 0.499. The van der Waals surface area contributed by atoms with Gasteiger partial charge in [-0.1, -0.05) is 74.1 Å². The van der Waals surface area contributed by atoms with Crippen molar-refractivity contribution in [1.29, 1.82) is 0 Å². The van der Waals surface area contributed by atoms with Crippen molar-refractivity contribution in [3.8, 4) is 0 Å². The summed E-state index contributed by atoms with van der Waals surface area (Å²) in [4.78, 5) is 14.9. The summed E-state index contributed by atoms with van der Waals surface area (Å²) in [6.07, 6.45) is 27.2. The Kier molecular flexibility index (Phi) is 23.9. The minimum atomic E-state index is -0.0938. The second kappa shape index (κ2) is 25.2. The molecule has 1 aliphatic carbocycles. The zero-order valence-electron chi connectivity index (χ0n) is 25.1. The average Bonchev–Trinajstić information content (AvgIpc) is 2.93. The molecule has 1 saturated heterocycles. The molecule has 216 valence electrons. The first-order valence-corrected chi connectivity index (χ1v) is 14.5. The van der Waals surface area contributed by atoms with Crippen molar-refractivity contribution < 1.29 is 9.53 Å². The third kappa shape index (κ3) is 19.1. The normalized spacial score (nSPS) is 21.4. The number of hydrogen-bond donors (Lipinski definition) is 1. The number of nitrogens with zero attached hydrogens (tertiary/aromatic N) is 2. The molecule has 1 N–H and O–H groups in total. The molecule has 0 aromatic carbocycles. The van der Waals surface area contributed by atoms with E-state index in [1.165, 1.54) is 0 Å². The van der Waals surface area contributed by atoms with Crippen molar-refractivity contribution in [3.63, 3.8) is 0 Å². The molecule has 0 aromatic rings. The molecule has 0 amide bonds. The van der Waals surface area contributed by atoms with Crippen LogP contribution in [0.4, 0.5) is 0 Å². The predicted molar refractivity (Wildman–Crippen MR) is 167 cm³/mol. The van der Waals surface area contributed by atoms with E-state index < -0.39 is 0 Å². The van der Waals surface area contributed by atoms with E-state index in [1.54, 1.807) is 5.57 Å². The van der Waals surface area contributed by atoms with Gasteiger partial charge in [-0.2, -0.15) is 0 Å². The van der Waals surface area contributed by atoms with E-state index in [9.17, 15) is 4.79 Å². The van der Waals surface area contributed by atoms with Crippen LogP contribution >= 0.6 is 0 Å². The number of ether oxygens (including phenoxy) is 1. The number of allylic oxidation sites excluding steroid dienone is 8. The van der Waals surface area contributed by atoms with Crippen LogP contribution in [0.1, 0.15) is 59.3 Å². The van der Waals surface area contributed by atoms with E-state index in [0.29, 0.717) is 12.0 Å². The molecule has 0 bridgehead atoms. The lowest BCUT2D eigenvalue weighted by Gasteiger charge is -2.31. The SMILES string of the molecule is C/C=C\C=C/C(C)C(CN(CC)CCN(C)C)NCC/C1=C/C/C=C\C=CC1.C=C.O=CC1CCCCO1. The Labute approximate surface area is 235 Å². The van der Waals surface area contributed by atoms with Crippen molar-refractivity contribution in [3.05, 3.63) is 73.4 Å². The Balaban J connectivity index is 0.00000114. The van der Waals surface area contributed by atoms with Gasteiger partial charge in [0.15, 0.2) is 0 Å². The Hall–Kier alpha value is -2.05. The van der Waals surface area contributed by atoms with Crippen LogP contribution in [0.2, 0.25) is 0 Å². The third-order valence-corrected chi connectivity index (χ3v) is 6.64. The van der Waals surface area contributed by atoms with Crippen LogP contribution in [0.5, 0.6) is 0 Å². The summed E-state index contributed by atoms with van der Waals surface area (Å²) in [5, 5.41) is 3.87. The molecule has 38 heavy (non-hydrogen) atoms. The summed E-state index contributed by atoms with van der Waals surface area (Å²) >= 11 is 0. The number of nitrogens with one attached hydrogen (secondary N) is 1. The van der Waals surface area contributed by atoms with Gasteiger partial charge in [-0.3, -0.25) is 0 Å². The monoisotopic (exact) mass is 527 g/mol. The largest absolute Gasteiger partial charge is 0.371 e. The molecule has 2 aliphatic rings. The van der Waals surface area contributed by atoms with Crippen LogP contribution in [-0.2, 0) is 9.53 Å². The summed E-state index contributed by atoms with van der Waals surface area (Å²) in [5.41, 5.74) is 1.55. The van der Waals surface area contributed by atoms with Crippen molar-refractivity contribution in [2.45, 2.75) is 71.4 Å². The fourth-order valence-electron chi connectivity index (χ4n) is 4.17. The highest BCUT2D eigenvalue weighted by Gasteiger charge is 2.18. The first-order valence-electron chi connectivity index (χ1n) is 14.5. The highest BCUT2D eigenvalue weighted by atomic mass is 16.5. The summed E-state index contributed by atoms with van der Waals surface area (Å²) in [6.45, 7) is 18.9. The van der Waals surface area contributed by atoms with Crippen LogP contribution in [0, 0.1) is 5.92 Å². The standard InChI is InChI=1S/C25H43N3.C6H10O2.C2H4/c1-6-8-12-15-23(3)25(22-28(7-2)21-20-27(4)5)26-19-18-24-16-13-10-9-11-14-17-24;7-5-6-3-1-2-4-8-6;1-2/h6,8-13,15,17,23,25-26H,7,14,16,18-22H2,1-5H3;5-6H,1-4H2;1-2H2/b8-6-,11-9-,13-10?,15-12-,24-17+;;. The van der Waals surface area contributed by atoms with Crippen LogP contribution < -0.4 is 5.32 Å². The summed E-state index contributed by atoms with van der Waals surface area (Å²) in [7, 11) is 4.30. The fraction of sp³-hybridized carbons (Fsp3) is 0.606. The molecular weight excluding hydrogens is 470 g/mol. The third-order valence-electron chi connectivity index (χ3n) is 6.64. The number of carbonyl (C=O) groups excluding carboxylic acids is 1. The summed E-state index contributed by atoms with van der Waals surface area (Å²) in [6, 6.07) is 0.466. The second-order valence-electron chi connectivity index (χ2n) is 9.98. The topological polar surface area (TPSA) is 44.8 Å². The molecule has 0 spiro atoms. The van der Waals surface area contributed by atoms with Crippen LogP contribution in [-0.4, -0.2) is 81.7 Å². The van der Waals surface area contributed by atoms with Gasteiger partial charge in [0.25, 0.3) is 0 Å². The molecule has 3 unspecified atom stereocenters. The Bertz CT molecular complexity index is 718. The molecule has 2 rings (SSSR count). The van der Waals surface area contributed by atoms with Gasteiger partial charge < -0.3 is 24.6 Å². The van der Waals surface area contributed by atoms with Crippen molar-refractivity contribution in [2.75, 3.05) is 53.4 Å². The van der Waals surface area contributed by atoms with E-state index in [0.717, 1.165) is 84.1 Å².